The predicted molar refractivity (Wildman–Crippen MR) is 113 cm³/mol. The third-order valence-electron chi connectivity index (χ3n) is 4.51. The first-order valence-corrected chi connectivity index (χ1v) is 9.29. The smallest absolute Gasteiger partial charge is 0.267 e. The fourth-order valence-corrected chi connectivity index (χ4v) is 2.89. The zero-order valence-electron chi connectivity index (χ0n) is 16.8. The summed E-state index contributed by atoms with van der Waals surface area (Å²) in [6, 6.07) is 12.8. The number of aryl methyl sites for hydroxylation is 1. The number of halogens is 1. The average Bonchev–Trinajstić information content (AvgIpc) is 2.69. The van der Waals surface area contributed by atoms with E-state index >= 15 is 0 Å². The molecule has 0 bridgehead atoms. The molecule has 7 nitrogen and oxygen atoms in total. The van der Waals surface area contributed by atoms with Crippen molar-refractivity contribution in [2.75, 3.05) is 10.6 Å². The molecule has 2 aromatic carbocycles. The lowest BCUT2D eigenvalue weighted by atomic mass is 10.1. The normalized spacial score (nSPS) is 11.6. The molecule has 0 saturated carbocycles. The van der Waals surface area contributed by atoms with Crippen LogP contribution in [0.25, 0.3) is 11.3 Å². The van der Waals surface area contributed by atoms with E-state index in [0.29, 0.717) is 16.9 Å². The van der Waals surface area contributed by atoms with Gasteiger partial charge in [0.05, 0.1) is 5.69 Å². The zero-order chi connectivity index (χ0) is 21.8. The Balaban J connectivity index is 1.90. The molecule has 0 radical (unpaired) electrons. The van der Waals surface area contributed by atoms with Crippen LogP contribution in [-0.4, -0.2) is 21.6 Å². The van der Waals surface area contributed by atoms with Gasteiger partial charge in [-0.25, -0.2) is 9.07 Å². The SMILES string of the molecule is CC(=O)Nc1cc(-c2ccc(=O)n(C(C)C(=O)Nc3cccc(F)c3)n2)ccc1C. The van der Waals surface area contributed by atoms with Crippen molar-refractivity contribution >= 4 is 23.2 Å². The van der Waals surface area contributed by atoms with Gasteiger partial charge in [-0.3, -0.25) is 14.4 Å². The van der Waals surface area contributed by atoms with Crippen molar-refractivity contribution in [2.24, 2.45) is 0 Å². The summed E-state index contributed by atoms with van der Waals surface area (Å²) in [5.41, 5.74) is 2.49. The van der Waals surface area contributed by atoms with Crippen molar-refractivity contribution in [2.45, 2.75) is 26.8 Å². The number of hydrogen-bond donors (Lipinski definition) is 2. The molecule has 0 saturated heterocycles. The molecule has 0 aliphatic carbocycles. The highest BCUT2D eigenvalue weighted by atomic mass is 19.1. The highest BCUT2D eigenvalue weighted by Crippen LogP contribution is 2.24. The van der Waals surface area contributed by atoms with Crippen molar-refractivity contribution in [3.63, 3.8) is 0 Å². The summed E-state index contributed by atoms with van der Waals surface area (Å²) in [6.07, 6.45) is 0. The van der Waals surface area contributed by atoms with E-state index in [1.165, 1.54) is 38.1 Å². The van der Waals surface area contributed by atoms with Gasteiger partial charge in [0.1, 0.15) is 11.9 Å². The molecule has 8 heteroatoms. The number of aromatic nitrogens is 2. The maximum absolute atomic E-state index is 13.3. The molecule has 0 fully saturated rings. The molecule has 154 valence electrons. The molecule has 1 atom stereocenters. The number of anilines is 2. The number of hydrogen-bond acceptors (Lipinski definition) is 4. The van der Waals surface area contributed by atoms with Crippen molar-refractivity contribution in [1.82, 2.24) is 9.78 Å². The van der Waals surface area contributed by atoms with E-state index in [-0.39, 0.29) is 11.6 Å². The van der Waals surface area contributed by atoms with Crippen molar-refractivity contribution in [1.29, 1.82) is 0 Å². The van der Waals surface area contributed by atoms with Crippen LogP contribution in [0.4, 0.5) is 15.8 Å². The minimum absolute atomic E-state index is 0.198. The highest BCUT2D eigenvalue weighted by Gasteiger charge is 2.18. The Morgan fingerprint density at radius 1 is 1.07 bits per heavy atom. The summed E-state index contributed by atoms with van der Waals surface area (Å²) in [6.45, 7) is 4.82. The molecule has 0 spiro atoms. The summed E-state index contributed by atoms with van der Waals surface area (Å²) >= 11 is 0. The van der Waals surface area contributed by atoms with Crippen LogP contribution in [0.5, 0.6) is 0 Å². The summed E-state index contributed by atoms with van der Waals surface area (Å²) in [5.74, 6) is -1.18. The second-order valence-electron chi connectivity index (χ2n) is 6.89. The minimum Gasteiger partial charge on any atom is -0.326 e. The van der Waals surface area contributed by atoms with E-state index in [2.05, 4.69) is 15.7 Å². The monoisotopic (exact) mass is 408 g/mol. The van der Waals surface area contributed by atoms with Crippen molar-refractivity contribution < 1.29 is 14.0 Å². The van der Waals surface area contributed by atoms with Crippen LogP contribution in [0.2, 0.25) is 0 Å². The van der Waals surface area contributed by atoms with E-state index in [0.717, 1.165) is 10.2 Å². The Morgan fingerprint density at radius 2 is 1.83 bits per heavy atom. The summed E-state index contributed by atoms with van der Waals surface area (Å²) < 4.78 is 14.4. The van der Waals surface area contributed by atoms with Crippen LogP contribution < -0.4 is 16.2 Å². The number of nitrogens with zero attached hydrogens (tertiary/aromatic N) is 2. The molecular formula is C22H21FN4O3. The largest absolute Gasteiger partial charge is 0.326 e. The molecule has 1 aromatic heterocycles. The summed E-state index contributed by atoms with van der Waals surface area (Å²) in [7, 11) is 0. The van der Waals surface area contributed by atoms with Crippen LogP contribution in [0.1, 0.15) is 25.5 Å². The number of benzene rings is 2. The van der Waals surface area contributed by atoms with Gasteiger partial charge in [-0.2, -0.15) is 5.10 Å². The second kappa shape index (κ2) is 8.69. The van der Waals surface area contributed by atoms with Gasteiger partial charge in [-0.05, 0) is 49.7 Å². The third-order valence-corrected chi connectivity index (χ3v) is 4.51. The number of carbonyl (C=O) groups excluding carboxylic acids is 2. The number of carbonyl (C=O) groups is 2. The van der Waals surface area contributed by atoms with Gasteiger partial charge in [0.2, 0.25) is 11.8 Å². The van der Waals surface area contributed by atoms with Crippen LogP contribution >= 0.6 is 0 Å². The molecule has 3 aromatic rings. The van der Waals surface area contributed by atoms with Crippen LogP contribution in [0.15, 0.2) is 59.4 Å². The lowest BCUT2D eigenvalue weighted by Gasteiger charge is -2.15. The van der Waals surface area contributed by atoms with Gasteiger partial charge < -0.3 is 10.6 Å². The highest BCUT2D eigenvalue weighted by molar-refractivity contribution is 5.93. The first-order valence-electron chi connectivity index (χ1n) is 9.29. The van der Waals surface area contributed by atoms with Crippen LogP contribution in [-0.2, 0) is 9.59 Å². The number of amides is 2. The van der Waals surface area contributed by atoms with E-state index in [1.807, 2.05) is 19.1 Å². The molecule has 3 rings (SSSR count). The van der Waals surface area contributed by atoms with Gasteiger partial charge in [0.15, 0.2) is 0 Å². The second-order valence-corrected chi connectivity index (χ2v) is 6.89. The zero-order valence-corrected chi connectivity index (χ0v) is 16.8. The Bertz CT molecular complexity index is 1170. The lowest BCUT2D eigenvalue weighted by Crippen LogP contribution is -2.33. The van der Waals surface area contributed by atoms with E-state index < -0.39 is 23.3 Å². The Morgan fingerprint density at radius 3 is 2.53 bits per heavy atom. The molecule has 2 N–H and O–H groups in total. The third kappa shape index (κ3) is 4.78. The molecule has 30 heavy (non-hydrogen) atoms. The predicted octanol–water partition coefficient (Wildman–Crippen LogP) is 3.52. The average molecular weight is 408 g/mol. The number of nitrogens with one attached hydrogen (secondary N) is 2. The van der Waals surface area contributed by atoms with Crippen molar-refractivity contribution in [3.05, 3.63) is 76.3 Å². The van der Waals surface area contributed by atoms with Gasteiger partial charge in [-0.1, -0.05) is 18.2 Å². The van der Waals surface area contributed by atoms with E-state index in [9.17, 15) is 18.8 Å². The first-order chi connectivity index (χ1) is 14.2. The minimum atomic E-state index is -0.930. The van der Waals surface area contributed by atoms with E-state index in [4.69, 9.17) is 0 Å². The lowest BCUT2D eigenvalue weighted by molar-refractivity contribution is -0.119. The molecule has 1 heterocycles. The molecule has 1 unspecified atom stereocenters. The van der Waals surface area contributed by atoms with Crippen LogP contribution in [0, 0.1) is 12.7 Å². The topological polar surface area (TPSA) is 93.1 Å². The fourth-order valence-electron chi connectivity index (χ4n) is 2.89. The maximum atomic E-state index is 13.3. The van der Waals surface area contributed by atoms with Gasteiger partial charge in [-0.15, -0.1) is 0 Å². The van der Waals surface area contributed by atoms with Gasteiger partial charge in [0, 0.05) is 29.9 Å². The first kappa shape index (κ1) is 20.9. The standard InChI is InChI=1S/C22H21FN4O3/c1-13-7-8-16(11-20(13)24-15(3)28)19-9-10-21(29)27(26-19)14(2)22(30)25-18-6-4-5-17(23)12-18/h4-12,14H,1-3H3,(H,24,28)(H,25,30). The van der Waals surface area contributed by atoms with Gasteiger partial charge in [0.25, 0.3) is 5.56 Å². The maximum Gasteiger partial charge on any atom is 0.267 e. The van der Waals surface area contributed by atoms with E-state index in [1.54, 1.807) is 18.2 Å². The molecular weight excluding hydrogens is 387 g/mol. The molecule has 0 aliphatic rings. The Hall–Kier alpha value is -3.81. The fraction of sp³-hybridized carbons (Fsp3) is 0.182. The number of rotatable bonds is 5. The summed E-state index contributed by atoms with van der Waals surface area (Å²) in [4.78, 5) is 36.3. The molecule has 2 amide bonds. The van der Waals surface area contributed by atoms with Crippen LogP contribution in [0.3, 0.4) is 0 Å². The molecule has 0 aliphatic heterocycles. The Kier molecular flexibility index (Phi) is 6.06. The van der Waals surface area contributed by atoms with Gasteiger partial charge >= 0.3 is 0 Å². The quantitative estimate of drug-likeness (QED) is 0.676. The summed E-state index contributed by atoms with van der Waals surface area (Å²) in [5, 5.41) is 9.66. The Labute approximate surface area is 172 Å². The van der Waals surface area contributed by atoms with Crippen molar-refractivity contribution in [3.8, 4) is 11.3 Å².